The fourth-order valence-electron chi connectivity index (χ4n) is 3.60. The zero-order valence-electron chi connectivity index (χ0n) is 17.9. The van der Waals surface area contributed by atoms with Crippen LogP contribution in [0.25, 0.3) is 0 Å². The van der Waals surface area contributed by atoms with E-state index in [9.17, 15) is 14.4 Å². The SMILES string of the molecule is CCc1ccccc1N1C[C@H](C(=O)O[C@H](C)C(=O)Nc2cc(C)ccc2C)CC1=O. The molecule has 2 amide bonds. The zero-order valence-corrected chi connectivity index (χ0v) is 17.9. The number of nitrogens with zero attached hydrogens (tertiary/aromatic N) is 1. The van der Waals surface area contributed by atoms with Gasteiger partial charge in [0.2, 0.25) is 5.91 Å². The molecule has 0 aliphatic carbocycles. The van der Waals surface area contributed by atoms with Crippen LogP contribution in [-0.4, -0.2) is 30.4 Å². The topological polar surface area (TPSA) is 75.7 Å². The predicted molar refractivity (Wildman–Crippen MR) is 116 cm³/mol. The predicted octanol–water partition coefficient (Wildman–Crippen LogP) is 3.79. The average Bonchev–Trinajstić information content (AvgIpc) is 3.12. The van der Waals surface area contributed by atoms with E-state index in [0.29, 0.717) is 5.69 Å². The fraction of sp³-hybridized carbons (Fsp3) is 0.375. The lowest BCUT2D eigenvalue weighted by Gasteiger charge is -2.20. The Labute approximate surface area is 177 Å². The monoisotopic (exact) mass is 408 g/mol. The number of carbonyl (C=O) groups excluding carboxylic acids is 3. The normalized spacial score (nSPS) is 17.0. The van der Waals surface area contributed by atoms with Gasteiger partial charge in [-0.15, -0.1) is 0 Å². The summed E-state index contributed by atoms with van der Waals surface area (Å²) < 4.78 is 5.40. The van der Waals surface area contributed by atoms with Crippen molar-refractivity contribution in [3.63, 3.8) is 0 Å². The molecule has 1 N–H and O–H groups in total. The number of rotatable bonds is 6. The molecular weight excluding hydrogens is 380 g/mol. The third-order valence-electron chi connectivity index (χ3n) is 5.43. The first-order chi connectivity index (χ1) is 14.3. The van der Waals surface area contributed by atoms with Gasteiger partial charge in [-0.05, 0) is 56.0 Å². The summed E-state index contributed by atoms with van der Waals surface area (Å²) in [5, 5.41) is 2.81. The van der Waals surface area contributed by atoms with E-state index in [2.05, 4.69) is 5.32 Å². The summed E-state index contributed by atoms with van der Waals surface area (Å²) in [6, 6.07) is 13.5. The third-order valence-corrected chi connectivity index (χ3v) is 5.43. The average molecular weight is 408 g/mol. The lowest BCUT2D eigenvalue weighted by molar-refractivity contribution is -0.157. The van der Waals surface area contributed by atoms with E-state index in [4.69, 9.17) is 4.74 Å². The first kappa shape index (κ1) is 21.6. The van der Waals surface area contributed by atoms with E-state index in [1.165, 1.54) is 0 Å². The maximum Gasteiger partial charge on any atom is 0.312 e. The summed E-state index contributed by atoms with van der Waals surface area (Å²) in [4.78, 5) is 39.3. The molecule has 0 unspecified atom stereocenters. The summed E-state index contributed by atoms with van der Waals surface area (Å²) in [5.74, 6) is -1.61. The number of hydrogen-bond acceptors (Lipinski definition) is 4. The summed E-state index contributed by atoms with van der Waals surface area (Å²) in [6.45, 7) is 7.68. The molecule has 0 saturated carbocycles. The number of para-hydroxylation sites is 1. The van der Waals surface area contributed by atoms with E-state index in [0.717, 1.165) is 28.8 Å². The number of carbonyl (C=O) groups is 3. The largest absolute Gasteiger partial charge is 0.452 e. The van der Waals surface area contributed by atoms with Crippen LogP contribution in [0.1, 0.15) is 37.0 Å². The highest BCUT2D eigenvalue weighted by Crippen LogP contribution is 2.29. The van der Waals surface area contributed by atoms with Gasteiger partial charge in [-0.1, -0.05) is 37.3 Å². The molecule has 2 aromatic carbocycles. The van der Waals surface area contributed by atoms with Crippen molar-refractivity contribution < 1.29 is 19.1 Å². The van der Waals surface area contributed by atoms with Crippen LogP contribution in [0.3, 0.4) is 0 Å². The minimum atomic E-state index is -0.954. The van der Waals surface area contributed by atoms with Crippen molar-refractivity contribution in [3.05, 3.63) is 59.2 Å². The Morgan fingerprint density at radius 2 is 1.93 bits per heavy atom. The molecule has 1 saturated heterocycles. The van der Waals surface area contributed by atoms with Crippen molar-refractivity contribution >= 4 is 29.2 Å². The molecular formula is C24H28N2O4. The highest BCUT2D eigenvalue weighted by molar-refractivity contribution is 6.01. The highest BCUT2D eigenvalue weighted by atomic mass is 16.5. The standard InChI is InChI=1S/C24H28N2O4/c1-5-18-8-6-7-9-21(18)26-14-19(13-22(26)27)24(29)30-17(4)23(28)25-20-12-15(2)10-11-16(20)3/h6-12,17,19H,5,13-14H2,1-4H3,(H,25,28)/t17-,19-/m1/s1. The van der Waals surface area contributed by atoms with E-state index in [1.807, 2.05) is 63.2 Å². The van der Waals surface area contributed by atoms with Crippen molar-refractivity contribution in [2.45, 2.75) is 46.6 Å². The molecule has 1 aliphatic rings. The van der Waals surface area contributed by atoms with Crippen LogP contribution in [0.15, 0.2) is 42.5 Å². The van der Waals surface area contributed by atoms with Crippen LogP contribution in [-0.2, 0) is 25.5 Å². The van der Waals surface area contributed by atoms with Gasteiger partial charge in [-0.3, -0.25) is 14.4 Å². The molecule has 158 valence electrons. The van der Waals surface area contributed by atoms with Gasteiger partial charge in [0.15, 0.2) is 6.10 Å². The van der Waals surface area contributed by atoms with Gasteiger partial charge < -0.3 is 15.0 Å². The second-order valence-corrected chi connectivity index (χ2v) is 7.77. The number of esters is 1. The van der Waals surface area contributed by atoms with Gasteiger partial charge >= 0.3 is 5.97 Å². The summed E-state index contributed by atoms with van der Waals surface area (Å²) in [5.41, 5.74) is 4.54. The van der Waals surface area contributed by atoms with Gasteiger partial charge in [0.25, 0.3) is 5.91 Å². The molecule has 1 heterocycles. The number of nitrogens with one attached hydrogen (secondary N) is 1. The van der Waals surface area contributed by atoms with Crippen molar-refractivity contribution in [1.29, 1.82) is 0 Å². The molecule has 1 aliphatic heterocycles. The summed E-state index contributed by atoms with van der Waals surface area (Å²) in [7, 11) is 0. The Bertz CT molecular complexity index is 969. The zero-order chi connectivity index (χ0) is 21.8. The molecule has 1 fully saturated rings. The molecule has 2 aromatic rings. The van der Waals surface area contributed by atoms with Crippen LogP contribution in [0, 0.1) is 19.8 Å². The number of anilines is 2. The van der Waals surface area contributed by atoms with Crippen LogP contribution >= 0.6 is 0 Å². The third kappa shape index (κ3) is 4.70. The van der Waals surface area contributed by atoms with Crippen molar-refractivity contribution in [3.8, 4) is 0 Å². The van der Waals surface area contributed by atoms with Crippen molar-refractivity contribution in [2.75, 3.05) is 16.8 Å². The first-order valence-corrected chi connectivity index (χ1v) is 10.3. The molecule has 6 heteroatoms. The van der Waals surface area contributed by atoms with Gasteiger partial charge in [0.1, 0.15) is 0 Å². The lowest BCUT2D eigenvalue weighted by atomic mass is 10.1. The molecule has 3 rings (SSSR count). The maximum atomic E-state index is 12.6. The van der Waals surface area contributed by atoms with E-state index in [1.54, 1.807) is 11.8 Å². The Hall–Kier alpha value is -3.15. The van der Waals surface area contributed by atoms with Crippen LogP contribution < -0.4 is 10.2 Å². The number of benzene rings is 2. The first-order valence-electron chi connectivity index (χ1n) is 10.3. The number of aryl methyl sites for hydroxylation is 3. The highest BCUT2D eigenvalue weighted by Gasteiger charge is 2.37. The second kappa shape index (κ2) is 9.11. The molecule has 0 bridgehead atoms. The summed E-state index contributed by atoms with van der Waals surface area (Å²) >= 11 is 0. The Kier molecular flexibility index (Phi) is 6.55. The maximum absolute atomic E-state index is 12.6. The van der Waals surface area contributed by atoms with Gasteiger partial charge in [0.05, 0.1) is 5.92 Å². The van der Waals surface area contributed by atoms with Crippen LogP contribution in [0.5, 0.6) is 0 Å². The van der Waals surface area contributed by atoms with Gasteiger partial charge in [0, 0.05) is 24.3 Å². The molecule has 6 nitrogen and oxygen atoms in total. The quantitative estimate of drug-likeness (QED) is 0.738. The smallest absolute Gasteiger partial charge is 0.312 e. The second-order valence-electron chi connectivity index (χ2n) is 7.77. The van der Waals surface area contributed by atoms with E-state index >= 15 is 0 Å². The van der Waals surface area contributed by atoms with Crippen LogP contribution in [0.2, 0.25) is 0 Å². The number of hydrogen-bond donors (Lipinski definition) is 1. The number of ether oxygens (including phenoxy) is 1. The minimum Gasteiger partial charge on any atom is -0.452 e. The number of amides is 2. The van der Waals surface area contributed by atoms with Gasteiger partial charge in [-0.25, -0.2) is 0 Å². The Morgan fingerprint density at radius 1 is 1.20 bits per heavy atom. The Balaban J connectivity index is 1.62. The molecule has 30 heavy (non-hydrogen) atoms. The molecule has 0 aromatic heterocycles. The fourth-order valence-corrected chi connectivity index (χ4v) is 3.60. The Morgan fingerprint density at radius 3 is 2.67 bits per heavy atom. The van der Waals surface area contributed by atoms with Crippen molar-refractivity contribution in [2.24, 2.45) is 5.92 Å². The molecule has 0 spiro atoms. The molecule has 0 radical (unpaired) electrons. The minimum absolute atomic E-state index is 0.0855. The van der Waals surface area contributed by atoms with E-state index < -0.39 is 23.9 Å². The lowest BCUT2D eigenvalue weighted by Crippen LogP contribution is -2.33. The van der Waals surface area contributed by atoms with Gasteiger partial charge in [-0.2, -0.15) is 0 Å². The molecule has 2 atom stereocenters. The van der Waals surface area contributed by atoms with Crippen molar-refractivity contribution in [1.82, 2.24) is 0 Å². The van der Waals surface area contributed by atoms with Crippen LogP contribution in [0.4, 0.5) is 11.4 Å². The van der Waals surface area contributed by atoms with E-state index in [-0.39, 0.29) is 18.9 Å². The summed E-state index contributed by atoms with van der Waals surface area (Å²) in [6.07, 6.45) is -0.0724.